The van der Waals surface area contributed by atoms with Crippen LogP contribution in [0.25, 0.3) is 11.5 Å². The molecule has 1 amide bonds. The Hall–Kier alpha value is -3.26. The van der Waals surface area contributed by atoms with E-state index in [4.69, 9.17) is 4.42 Å². The fourth-order valence-corrected chi connectivity index (χ4v) is 3.62. The average molecular weight is 411 g/mol. The first-order valence-corrected chi connectivity index (χ1v) is 10.1. The zero-order chi connectivity index (χ0) is 20.9. The van der Waals surface area contributed by atoms with Crippen molar-refractivity contribution in [3.05, 3.63) is 76.0 Å². The van der Waals surface area contributed by atoms with Crippen LogP contribution in [0.5, 0.6) is 0 Å². The smallest absolute Gasteiger partial charge is 0.388 e. The number of hydrogen-bond acceptors (Lipinski definition) is 4. The number of benzene rings is 2. The number of aromatic nitrogens is 2. The lowest BCUT2D eigenvalue weighted by molar-refractivity contribution is -0.901. The molecule has 0 spiro atoms. The zero-order valence-corrected chi connectivity index (χ0v) is 16.6. The molecule has 156 valence electrons. The van der Waals surface area contributed by atoms with Crippen molar-refractivity contribution in [3.63, 3.8) is 0 Å². The minimum absolute atomic E-state index is 0.0449. The van der Waals surface area contributed by atoms with Crippen LogP contribution < -0.4 is 16.0 Å². The summed E-state index contributed by atoms with van der Waals surface area (Å²) in [5.41, 5.74) is 2.75. The Morgan fingerprint density at radius 3 is 2.43 bits per heavy atom. The van der Waals surface area contributed by atoms with Crippen molar-refractivity contribution in [2.75, 3.05) is 13.1 Å². The van der Waals surface area contributed by atoms with Crippen LogP contribution >= 0.6 is 0 Å². The molecule has 1 aliphatic rings. The van der Waals surface area contributed by atoms with Crippen molar-refractivity contribution in [2.45, 2.75) is 32.5 Å². The van der Waals surface area contributed by atoms with Crippen LogP contribution in [-0.4, -0.2) is 28.8 Å². The fraction of sp³-hybridized carbons (Fsp3) is 0.318. The van der Waals surface area contributed by atoms with Crippen LogP contribution in [-0.2, 0) is 24.4 Å². The first kappa shape index (κ1) is 20.0. The lowest BCUT2D eigenvalue weighted by Crippen LogP contribution is -3.08. The molecule has 1 saturated heterocycles. The van der Waals surface area contributed by atoms with Gasteiger partial charge in [0.25, 0.3) is 0 Å². The molecule has 1 aliphatic heterocycles. The maximum atomic E-state index is 13.0. The molecule has 2 aromatic carbocycles. The van der Waals surface area contributed by atoms with Gasteiger partial charge in [-0.15, -0.1) is 5.10 Å². The summed E-state index contributed by atoms with van der Waals surface area (Å²) in [7, 11) is 0. The predicted octanol–water partition coefficient (Wildman–Crippen LogP) is 1.14. The van der Waals surface area contributed by atoms with Crippen molar-refractivity contribution >= 4 is 5.91 Å². The standard InChI is InChI=1S/C22H23FN4O3/c23-19-9-7-18(8-10-19)21-25-27(22(29)30-21)15-20(28)24-13-16-3-5-17(6-4-16)14-26-11-1-2-12-26/h3-10H,1-2,11-15H2,(H,24,28)/p+1. The van der Waals surface area contributed by atoms with Gasteiger partial charge in [-0.25, -0.2) is 9.18 Å². The van der Waals surface area contributed by atoms with Gasteiger partial charge in [0.1, 0.15) is 18.9 Å². The van der Waals surface area contributed by atoms with E-state index in [-0.39, 0.29) is 18.3 Å². The molecule has 0 saturated carbocycles. The maximum Gasteiger partial charge on any atom is 0.437 e. The Morgan fingerprint density at radius 2 is 1.73 bits per heavy atom. The Bertz CT molecular complexity index is 1050. The van der Waals surface area contributed by atoms with Crippen molar-refractivity contribution in [1.82, 2.24) is 15.1 Å². The number of carbonyl (C=O) groups is 1. The largest absolute Gasteiger partial charge is 0.437 e. The Labute approximate surface area is 173 Å². The molecule has 30 heavy (non-hydrogen) atoms. The topological polar surface area (TPSA) is 81.6 Å². The van der Waals surface area contributed by atoms with Gasteiger partial charge in [0.05, 0.1) is 13.1 Å². The average Bonchev–Trinajstić information content (AvgIpc) is 3.38. The van der Waals surface area contributed by atoms with E-state index in [9.17, 15) is 14.0 Å². The third-order valence-electron chi connectivity index (χ3n) is 5.27. The highest BCUT2D eigenvalue weighted by Crippen LogP contribution is 2.15. The second kappa shape index (κ2) is 9.04. The van der Waals surface area contributed by atoms with Crippen LogP contribution in [0.1, 0.15) is 24.0 Å². The van der Waals surface area contributed by atoms with Crippen molar-refractivity contribution < 1.29 is 18.5 Å². The number of carbonyl (C=O) groups excluding carboxylic acids is 1. The molecule has 1 fully saturated rings. The number of rotatable bonds is 7. The molecule has 7 nitrogen and oxygen atoms in total. The molecule has 0 atom stereocenters. The molecule has 2 N–H and O–H groups in total. The first-order chi connectivity index (χ1) is 14.6. The van der Waals surface area contributed by atoms with Crippen LogP contribution in [0.15, 0.2) is 57.7 Å². The number of nitrogens with zero attached hydrogens (tertiary/aromatic N) is 2. The molecule has 4 rings (SSSR count). The minimum atomic E-state index is -0.738. The zero-order valence-electron chi connectivity index (χ0n) is 16.6. The summed E-state index contributed by atoms with van der Waals surface area (Å²) in [6.07, 6.45) is 2.61. The summed E-state index contributed by atoms with van der Waals surface area (Å²) >= 11 is 0. The molecule has 0 unspecified atom stereocenters. The van der Waals surface area contributed by atoms with Gasteiger partial charge in [-0.05, 0) is 29.8 Å². The fourth-order valence-electron chi connectivity index (χ4n) is 3.62. The third-order valence-corrected chi connectivity index (χ3v) is 5.27. The van der Waals surface area contributed by atoms with Gasteiger partial charge < -0.3 is 14.6 Å². The molecule has 2 heterocycles. The molecule has 0 radical (unpaired) electrons. The normalized spacial score (nSPS) is 14.2. The number of likely N-dealkylation sites (tertiary alicyclic amines) is 1. The van der Waals surface area contributed by atoms with E-state index < -0.39 is 11.6 Å². The molecular weight excluding hydrogens is 387 g/mol. The van der Waals surface area contributed by atoms with E-state index in [0.717, 1.165) is 16.8 Å². The molecule has 1 aromatic heterocycles. The number of quaternary nitrogens is 1. The van der Waals surface area contributed by atoms with Gasteiger partial charge in [0, 0.05) is 30.5 Å². The molecule has 3 aromatic rings. The predicted molar refractivity (Wildman–Crippen MR) is 108 cm³/mol. The van der Waals surface area contributed by atoms with E-state index in [1.54, 1.807) is 4.90 Å². The van der Waals surface area contributed by atoms with E-state index in [1.807, 2.05) is 12.1 Å². The Kier molecular flexibility index (Phi) is 6.04. The Balaban J connectivity index is 1.30. The van der Waals surface area contributed by atoms with Gasteiger partial charge in [0.15, 0.2) is 0 Å². The molecular formula is C22H24FN4O3+. The third kappa shape index (κ3) is 5.01. The monoisotopic (exact) mass is 411 g/mol. The van der Waals surface area contributed by atoms with E-state index in [0.29, 0.717) is 12.1 Å². The second-order valence-corrected chi connectivity index (χ2v) is 7.56. The van der Waals surface area contributed by atoms with E-state index in [2.05, 4.69) is 22.5 Å². The van der Waals surface area contributed by atoms with Gasteiger partial charge in [0.2, 0.25) is 11.8 Å². The highest BCUT2D eigenvalue weighted by Gasteiger charge is 2.16. The lowest BCUT2D eigenvalue weighted by Gasteiger charge is -2.12. The van der Waals surface area contributed by atoms with Crippen LogP contribution in [0.3, 0.4) is 0 Å². The molecule has 0 aliphatic carbocycles. The van der Waals surface area contributed by atoms with Crippen molar-refractivity contribution in [1.29, 1.82) is 0 Å². The minimum Gasteiger partial charge on any atom is -0.388 e. The van der Waals surface area contributed by atoms with Crippen LogP contribution in [0.2, 0.25) is 0 Å². The molecule has 0 bridgehead atoms. The summed E-state index contributed by atoms with van der Waals surface area (Å²) in [6.45, 7) is 3.63. The maximum absolute atomic E-state index is 13.0. The van der Waals surface area contributed by atoms with Gasteiger partial charge in [-0.2, -0.15) is 4.68 Å². The molecule has 8 heteroatoms. The van der Waals surface area contributed by atoms with Gasteiger partial charge in [-0.1, -0.05) is 24.3 Å². The van der Waals surface area contributed by atoms with Crippen molar-refractivity contribution in [2.24, 2.45) is 0 Å². The van der Waals surface area contributed by atoms with Gasteiger partial charge in [-0.3, -0.25) is 4.79 Å². The van der Waals surface area contributed by atoms with Crippen LogP contribution in [0.4, 0.5) is 4.39 Å². The number of halogens is 1. The highest BCUT2D eigenvalue weighted by atomic mass is 19.1. The summed E-state index contributed by atoms with van der Waals surface area (Å²) < 4.78 is 19.0. The Morgan fingerprint density at radius 1 is 1.07 bits per heavy atom. The lowest BCUT2D eigenvalue weighted by atomic mass is 10.1. The van der Waals surface area contributed by atoms with Crippen LogP contribution in [0, 0.1) is 5.82 Å². The van der Waals surface area contributed by atoms with Gasteiger partial charge >= 0.3 is 5.76 Å². The first-order valence-electron chi connectivity index (χ1n) is 10.1. The highest BCUT2D eigenvalue weighted by molar-refractivity contribution is 5.75. The summed E-state index contributed by atoms with van der Waals surface area (Å²) in [4.78, 5) is 25.8. The number of nitrogens with one attached hydrogen (secondary N) is 2. The number of amides is 1. The summed E-state index contributed by atoms with van der Waals surface area (Å²) in [5.74, 6) is -1.44. The second-order valence-electron chi connectivity index (χ2n) is 7.56. The summed E-state index contributed by atoms with van der Waals surface area (Å²) in [6, 6.07) is 13.6. The van der Waals surface area contributed by atoms with E-state index in [1.165, 1.54) is 55.8 Å². The van der Waals surface area contributed by atoms with E-state index >= 15 is 0 Å². The SMILES string of the molecule is O=C(Cn1nc(-c2ccc(F)cc2)oc1=O)NCc1ccc(C[NH+]2CCCC2)cc1. The quantitative estimate of drug-likeness (QED) is 0.611. The van der Waals surface area contributed by atoms with Crippen molar-refractivity contribution in [3.8, 4) is 11.5 Å². The number of hydrogen-bond donors (Lipinski definition) is 2. The summed E-state index contributed by atoms with van der Waals surface area (Å²) in [5, 5.41) is 6.81.